The summed E-state index contributed by atoms with van der Waals surface area (Å²) in [6.07, 6.45) is 0.837. The lowest BCUT2D eigenvalue weighted by atomic mass is 9.92. The number of carbonyl (C=O) groups is 1. The van der Waals surface area contributed by atoms with E-state index in [1.807, 2.05) is 0 Å². The highest BCUT2D eigenvalue weighted by Crippen LogP contribution is 2.66. The van der Waals surface area contributed by atoms with Gasteiger partial charge in [0, 0.05) is 20.6 Å². The van der Waals surface area contributed by atoms with Crippen LogP contribution >= 0.6 is 35.1 Å². The summed E-state index contributed by atoms with van der Waals surface area (Å²) in [6, 6.07) is 16.4. The molecule has 0 aliphatic heterocycles. The van der Waals surface area contributed by atoms with Crippen molar-refractivity contribution in [3.8, 4) is 0 Å². The second-order valence-corrected chi connectivity index (χ2v) is 15.7. The van der Waals surface area contributed by atoms with Crippen molar-refractivity contribution in [2.45, 2.75) is 28.9 Å². The number of sulfonamides is 1. The van der Waals surface area contributed by atoms with Crippen molar-refractivity contribution in [3.63, 3.8) is 0 Å². The second kappa shape index (κ2) is 11.6. The molecule has 1 aliphatic rings. The first-order chi connectivity index (χ1) is 18.8. The summed E-state index contributed by atoms with van der Waals surface area (Å²) in [6.45, 7) is 2.69. The van der Waals surface area contributed by atoms with E-state index in [2.05, 4.69) is 20.7 Å². The standard InChI is InChI=1S/C26H24BrClNO8PS2/c1-3-36-38(31,37-4-2)26(29-40(34,35)21-13-9-18(27)10-14-21)17-24(25(30)22-7-5-6-8-23(22)26)39(32,33)20-15-11-19(28)12-16-20/h5-17,29H,3-4H2,1-2H3. The Morgan fingerprint density at radius 3 is 2.00 bits per heavy atom. The van der Waals surface area contributed by atoms with Crippen LogP contribution in [0.1, 0.15) is 29.8 Å². The van der Waals surface area contributed by atoms with Crippen molar-refractivity contribution in [3.05, 3.63) is 104 Å². The lowest BCUT2D eigenvalue weighted by molar-refractivity contribution is 0.103. The summed E-state index contributed by atoms with van der Waals surface area (Å²) in [5.74, 6) is -0.913. The van der Waals surface area contributed by atoms with Gasteiger partial charge in [-0.1, -0.05) is 51.8 Å². The smallest absolute Gasteiger partial charge is 0.307 e. The molecule has 0 amide bonds. The zero-order valence-electron chi connectivity index (χ0n) is 21.2. The summed E-state index contributed by atoms with van der Waals surface area (Å²) in [7, 11) is -13.7. The van der Waals surface area contributed by atoms with Crippen molar-refractivity contribution >= 4 is 60.8 Å². The number of sulfone groups is 1. The number of allylic oxidation sites excluding steroid dienone is 1. The minimum Gasteiger partial charge on any atom is -0.307 e. The van der Waals surface area contributed by atoms with Crippen molar-refractivity contribution in [2.75, 3.05) is 13.2 Å². The summed E-state index contributed by atoms with van der Waals surface area (Å²) >= 11 is 9.19. The minimum absolute atomic E-state index is 0.0824. The molecule has 3 aromatic rings. The van der Waals surface area contributed by atoms with E-state index in [0.717, 1.165) is 6.08 Å². The van der Waals surface area contributed by atoms with Crippen LogP contribution in [0.3, 0.4) is 0 Å². The molecular weight excluding hydrogens is 665 g/mol. The zero-order chi connectivity index (χ0) is 29.3. The molecule has 1 N–H and O–H groups in total. The number of rotatable bonds is 10. The highest BCUT2D eigenvalue weighted by molar-refractivity contribution is 9.10. The molecule has 0 heterocycles. The molecule has 1 unspecified atom stereocenters. The first-order valence-electron chi connectivity index (χ1n) is 11.9. The van der Waals surface area contributed by atoms with E-state index in [1.54, 1.807) is 0 Å². The van der Waals surface area contributed by atoms with E-state index >= 15 is 0 Å². The van der Waals surface area contributed by atoms with Gasteiger partial charge in [-0.2, -0.15) is 4.72 Å². The number of hydrogen-bond acceptors (Lipinski definition) is 8. The van der Waals surface area contributed by atoms with E-state index in [0.29, 0.717) is 4.47 Å². The fourth-order valence-corrected chi connectivity index (χ4v) is 10.1. The fraction of sp³-hybridized carbons (Fsp3) is 0.192. The quantitative estimate of drug-likeness (QED) is 0.255. The van der Waals surface area contributed by atoms with Gasteiger partial charge in [-0.3, -0.25) is 9.36 Å². The SMILES string of the molecule is CCOP(=O)(OCC)C1(NS(=O)(=O)c2ccc(Br)cc2)C=C(S(=O)(=O)c2ccc(Cl)cc2)C(=O)c2ccccc21. The van der Waals surface area contributed by atoms with Gasteiger partial charge in [0.05, 0.1) is 23.0 Å². The van der Waals surface area contributed by atoms with Gasteiger partial charge in [0.1, 0.15) is 4.91 Å². The molecule has 0 fully saturated rings. The Morgan fingerprint density at radius 2 is 1.43 bits per heavy atom. The van der Waals surface area contributed by atoms with Crippen LogP contribution in [-0.2, 0) is 38.8 Å². The van der Waals surface area contributed by atoms with Crippen LogP contribution in [0, 0.1) is 0 Å². The predicted octanol–water partition coefficient (Wildman–Crippen LogP) is 6.05. The lowest BCUT2D eigenvalue weighted by Gasteiger charge is -2.40. The molecule has 0 aromatic heterocycles. The zero-order valence-corrected chi connectivity index (χ0v) is 26.1. The number of hydrogen-bond donors (Lipinski definition) is 1. The average molecular weight is 689 g/mol. The van der Waals surface area contributed by atoms with Crippen molar-refractivity contribution in [1.29, 1.82) is 0 Å². The average Bonchev–Trinajstić information content (AvgIpc) is 2.91. The maximum atomic E-state index is 14.6. The maximum absolute atomic E-state index is 14.6. The molecule has 0 spiro atoms. The van der Waals surface area contributed by atoms with Gasteiger partial charge in [0.2, 0.25) is 25.6 Å². The molecule has 1 aliphatic carbocycles. The van der Waals surface area contributed by atoms with E-state index in [9.17, 15) is 26.2 Å². The van der Waals surface area contributed by atoms with Crippen LogP contribution in [-0.4, -0.2) is 35.8 Å². The second-order valence-electron chi connectivity index (χ2n) is 8.50. The molecule has 212 valence electrons. The normalized spacial score (nSPS) is 17.8. The number of carbonyl (C=O) groups excluding carboxylic acids is 1. The van der Waals surface area contributed by atoms with E-state index in [4.69, 9.17) is 20.6 Å². The Hall–Kier alpha value is -2.15. The van der Waals surface area contributed by atoms with E-state index < -0.39 is 43.4 Å². The van der Waals surface area contributed by atoms with Crippen molar-refractivity contribution < 1.29 is 35.2 Å². The van der Waals surface area contributed by atoms with Gasteiger partial charge in [0.25, 0.3) is 0 Å². The number of halogens is 2. The monoisotopic (exact) mass is 687 g/mol. The Labute approximate surface area is 246 Å². The third kappa shape index (κ3) is 5.52. The summed E-state index contributed by atoms with van der Waals surface area (Å²) in [5.41, 5.74) is -0.267. The maximum Gasteiger partial charge on any atom is 0.360 e. The first kappa shape index (κ1) is 30.8. The molecule has 14 heteroatoms. The molecule has 0 bridgehead atoms. The highest BCUT2D eigenvalue weighted by atomic mass is 79.9. The van der Waals surface area contributed by atoms with Crippen LogP contribution in [0.2, 0.25) is 5.02 Å². The predicted molar refractivity (Wildman–Crippen MR) is 154 cm³/mol. The number of ketones is 1. The Bertz CT molecular complexity index is 1730. The van der Waals surface area contributed by atoms with Gasteiger partial charge >= 0.3 is 7.60 Å². The first-order valence-corrected chi connectivity index (χ1v) is 17.6. The van der Waals surface area contributed by atoms with E-state index in [1.165, 1.54) is 86.6 Å². The molecule has 3 aromatic carbocycles. The van der Waals surface area contributed by atoms with Crippen LogP contribution in [0.5, 0.6) is 0 Å². The molecule has 0 radical (unpaired) electrons. The molecule has 1 atom stereocenters. The summed E-state index contributed by atoms with van der Waals surface area (Å²) in [4.78, 5) is 12.4. The lowest BCUT2D eigenvalue weighted by Crippen LogP contribution is -2.48. The third-order valence-electron chi connectivity index (χ3n) is 6.00. The van der Waals surface area contributed by atoms with Crippen LogP contribution < -0.4 is 4.72 Å². The van der Waals surface area contributed by atoms with Gasteiger partial charge in [-0.15, -0.1) is 0 Å². The molecular formula is C26H24BrClNO8PS2. The van der Waals surface area contributed by atoms with Crippen molar-refractivity contribution in [2.24, 2.45) is 0 Å². The molecule has 9 nitrogen and oxygen atoms in total. The van der Waals surface area contributed by atoms with Crippen molar-refractivity contribution in [1.82, 2.24) is 4.72 Å². The number of fused-ring (bicyclic) bond motifs is 1. The Balaban J connectivity index is 2.10. The number of benzene rings is 3. The largest absolute Gasteiger partial charge is 0.360 e. The Morgan fingerprint density at radius 1 is 0.875 bits per heavy atom. The molecule has 4 rings (SSSR count). The van der Waals surface area contributed by atoms with Gasteiger partial charge < -0.3 is 9.05 Å². The molecule has 0 saturated heterocycles. The molecule has 40 heavy (non-hydrogen) atoms. The highest BCUT2D eigenvalue weighted by Gasteiger charge is 2.58. The Kier molecular flexibility index (Phi) is 8.95. The van der Waals surface area contributed by atoms with Crippen LogP contribution in [0.15, 0.2) is 98.0 Å². The fourth-order valence-electron chi connectivity index (χ4n) is 4.24. The topological polar surface area (TPSA) is 133 Å². The summed E-state index contributed by atoms with van der Waals surface area (Å²) in [5, 5.41) is -2.17. The number of Topliss-reactive ketones (excluding diaryl/α,β-unsaturated/α-hetero) is 1. The van der Waals surface area contributed by atoms with Gasteiger partial charge in [-0.25, -0.2) is 16.8 Å². The summed E-state index contributed by atoms with van der Waals surface area (Å²) < 4.78 is 84.2. The molecule has 0 saturated carbocycles. The van der Waals surface area contributed by atoms with Gasteiger partial charge in [-0.05, 0) is 68.5 Å². The number of nitrogens with one attached hydrogen (secondary N) is 1. The van der Waals surface area contributed by atoms with Gasteiger partial charge in [0.15, 0.2) is 5.28 Å². The van der Waals surface area contributed by atoms with E-state index in [-0.39, 0.29) is 39.2 Å². The van der Waals surface area contributed by atoms with Crippen LogP contribution in [0.25, 0.3) is 0 Å². The minimum atomic E-state index is -4.63. The third-order valence-corrected chi connectivity index (χ3v) is 12.7. The van der Waals surface area contributed by atoms with Crippen LogP contribution in [0.4, 0.5) is 0 Å².